The fourth-order valence-corrected chi connectivity index (χ4v) is 1.82. The second-order valence-electron chi connectivity index (χ2n) is 3.60. The molecule has 7 heteroatoms. The van der Waals surface area contributed by atoms with E-state index in [1.165, 1.54) is 0 Å². The number of halogens is 3. The van der Waals surface area contributed by atoms with Crippen LogP contribution in [0.4, 0.5) is 8.78 Å². The summed E-state index contributed by atoms with van der Waals surface area (Å²) in [7, 11) is 0. The highest BCUT2D eigenvalue weighted by atomic mass is 79.9. The van der Waals surface area contributed by atoms with Gasteiger partial charge in [-0.1, -0.05) is 33.2 Å². The van der Waals surface area contributed by atoms with E-state index >= 15 is 0 Å². The summed E-state index contributed by atoms with van der Waals surface area (Å²) >= 11 is 3.33. The lowest BCUT2D eigenvalue weighted by Gasteiger charge is -2.04. The highest BCUT2D eigenvalue weighted by molar-refractivity contribution is 9.10. The van der Waals surface area contributed by atoms with E-state index in [0.29, 0.717) is 11.4 Å². The lowest BCUT2D eigenvalue weighted by Crippen LogP contribution is -2.20. The number of alkyl halides is 2. The average molecular weight is 319 g/mol. The maximum atomic E-state index is 12.2. The van der Waals surface area contributed by atoms with E-state index in [0.717, 1.165) is 4.47 Å². The van der Waals surface area contributed by atoms with Crippen LogP contribution in [0.2, 0.25) is 0 Å². The van der Waals surface area contributed by atoms with Crippen molar-refractivity contribution in [2.24, 2.45) is 0 Å². The highest BCUT2D eigenvalue weighted by Crippen LogP contribution is 2.25. The molecule has 1 heterocycles. The van der Waals surface area contributed by atoms with Gasteiger partial charge in [-0.05, 0) is 12.1 Å². The van der Waals surface area contributed by atoms with Crippen molar-refractivity contribution in [1.29, 1.82) is 0 Å². The molecule has 4 nitrogen and oxygen atoms in total. The molecular formula is C11H9BrF2N2O2. The van der Waals surface area contributed by atoms with Crippen LogP contribution in [-0.2, 0) is 6.42 Å². The van der Waals surface area contributed by atoms with Crippen molar-refractivity contribution in [3.63, 3.8) is 0 Å². The van der Waals surface area contributed by atoms with E-state index in [9.17, 15) is 8.78 Å². The molecule has 0 saturated heterocycles. The topological polar surface area (TPSA) is 59.2 Å². The van der Waals surface area contributed by atoms with Crippen molar-refractivity contribution in [2.75, 3.05) is 0 Å². The number of aliphatic hydroxyl groups is 1. The van der Waals surface area contributed by atoms with Crippen LogP contribution in [0.1, 0.15) is 5.89 Å². The first-order chi connectivity index (χ1) is 8.58. The van der Waals surface area contributed by atoms with Crippen LogP contribution >= 0.6 is 15.9 Å². The summed E-state index contributed by atoms with van der Waals surface area (Å²) in [4.78, 5) is 3.96. The Morgan fingerprint density at radius 2 is 2.06 bits per heavy atom. The maximum absolute atomic E-state index is 12.2. The van der Waals surface area contributed by atoms with Gasteiger partial charge in [-0.15, -0.1) is 0 Å². The lowest BCUT2D eigenvalue weighted by molar-refractivity contribution is -0.00754. The molecule has 0 aliphatic rings. The summed E-state index contributed by atoms with van der Waals surface area (Å²) in [6, 6.07) is 7.20. The Balaban J connectivity index is 2.18. The molecule has 1 atom stereocenters. The first-order valence-electron chi connectivity index (χ1n) is 5.11. The Kier molecular flexibility index (Phi) is 4.03. The quantitative estimate of drug-likeness (QED) is 0.941. The molecule has 1 aromatic carbocycles. The van der Waals surface area contributed by atoms with E-state index < -0.39 is 12.5 Å². The first-order valence-corrected chi connectivity index (χ1v) is 5.91. The largest absolute Gasteiger partial charge is 0.387 e. The van der Waals surface area contributed by atoms with Crippen LogP contribution in [0, 0.1) is 0 Å². The molecule has 1 unspecified atom stereocenters. The monoisotopic (exact) mass is 318 g/mol. The molecule has 0 fully saturated rings. The molecule has 1 aromatic heterocycles. The minimum Gasteiger partial charge on any atom is -0.387 e. The molecule has 96 valence electrons. The standard InChI is InChI=1S/C11H9BrF2N2O2/c12-7-4-2-1-3-6(7)11-15-9(18-16-11)5-8(17)10(13)14/h1-4,8,10,17H,5H2. The van der Waals surface area contributed by atoms with Crippen molar-refractivity contribution >= 4 is 15.9 Å². The fourth-order valence-electron chi connectivity index (χ4n) is 1.36. The van der Waals surface area contributed by atoms with Gasteiger partial charge in [0.05, 0.1) is 6.42 Å². The molecule has 0 radical (unpaired) electrons. The highest BCUT2D eigenvalue weighted by Gasteiger charge is 2.21. The summed E-state index contributed by atoms with van der Waals surface area (Å²) < 4.78 is 29.9. The Bertz CT molecular complexity index is 533. The second-order valence-corrected chi connectivity index (χ2v) is 4.45. The molecule has 18 heavy (non-hydrogen) atoms. The van der Waals surface area contributed by atoms with Crippen LogP contribution in [-0.4, -0.2) is 27.8 Å². The summed E-state index contributed by atoms with van der Waals surface area (Å²) in [6.07, 6.45) is -4.99. The molecule has 2 aromatic rings. The van der Waals surface area contributed by atoms with E-state index in [4.69, 9.17) is 9.63 Å². The van der Waals surface area contributed by atoms with Gasteiger partial charge in [0.25, 0.3) is 6.43 Å². The van der Waals surface area contributed by atoms with Crippen molar-refractivity contribution < 1.29 is 18.4 Å². The van der Waals surface area contributed by atoms with Gasteiger partial charge in [0.2, 0.25) is 11.7 Å². The van der Waals surface area contributed by atoms with Gasteiger partial charge in [-0.3, -0.25) is 0 Å². The van der Waals surface area contributed by atoms with Gasteiger partial charge in [-0.2, -0.15) is 4.98 Å². The number of nitrogens with zero attached hydrogens (tertiary/aromatic N) is 2. The van der Waals surface area contributed by atoms with Crippen molar-refractivity contribution in [1.82, 2.24) is 10.1 Å². The Morgan fingerprint density at radius 3 is 2.72 bits per heavy atom. The van der Waals surface area contributed by atoms with Gasteiger partial charge in [0.15, 0.2) is 0 Å². The molecule has 2 rings (SSSR count). The molecule has 0 spiro atoms. The Hall–Kier alpha value is -1.34. The third-order valence-electron chi connectivity index (χ3n) is 2.26. The summed E-state index contributed by atoms with van der Waals surface area (Å²) in [5, 5.41) is 12.7. The zero-order chi connectivity index (χ0) is 13.1. The zero-order valence-corrected chi connectivity index (χ0v) is 10.6. The third-order valence-corrected chi connectivity index (χ3v) is 2.95. The first kappa shape index (κ1) is 13.1. The van der Waals surface area contributed by atoms with E-state index in [-0.39, 0.29) is 12.3 Å². The van der Waals surface area contributed by atoms with Gasteiger partial charge < -0.3 is 9.63 Å². The van der Waals surface area contributed by atoms with Crippen LogP contribution < -0.4 is 0 Å². The van der Waals surface area contributed by atoms with Crippen molar-refractivity contribution in [3.8, 4) is 11.4 Å². The van der Waals surface area contributed by atoms with Crippen LogP contribution in [0.15, 0.2) is 33.3 Å². The predicted octanol–water partition coefficient (Wildman–Crippen LogP) is 2.67. The second kappa shape index (κ2) is 5.53. The Morgan fingerprint density at radius 1 is 1.33 bits per heavy atom. The molecule has 0 aliphatic carbocycles. The van der Waals surface area contributed by atoms with Gasteiger partial charge >= 0.3 is 0 Å². The number of hydrogen-bond acceptors (Lipinski definition) is 4. The number of benzene rings is 1. The minimum absolute atomic E-state index is 0.0199. The summed E-state index contributed by atoms with van der Waals surface area (Å²) in [5.41, 5.74) is 0.694. The van der Waals surface area contributed by atoms with E-state index in [2.05, 4.69) is 26.1 Å². The SMILES string of the molecule is OC(Cc1nc(-c2ccccc2Br)no1)C(F)F. The molecule has 0 amide bonds. The summed E-state index contributed by atoms with van der Waals surface area (Å²) in [5.74, 6) is 0.271. The molecular weight excluding hydrogens is 310 g/mol. The van der Waals surface area contributed by atoms with Gasteiger partial charge in [0, 0.05) is 10.0 Å². The normalized spacial score (nSPS) is 12.9. The Labute approximate surface area is 110 Å². The number of aromatic nitrogens is 2. The van der Waals surface area contributed by atoms with Gasteiger partial charge in [0.1, 0.15) is 6.10 Å². The van der Waals surface area contributed by atoms with E-state index in [1.54, 1.807) is 18.2 Å². The molecule has 1 N–H and O–H groups in total. The van der Waals surface area contributed by atoms with Crippen LogP contribution in [0.25, 0.3) is 11.4 Å². The summed E-state index contributed by atoms with van der Waals surface area (Å²) in [6.45, 7) is 0. The third kappa shape index (κ3) is 2.91. The van der Waals surface area contributed by atoms with Gasteiger partial charge in [-0.25, -0.2) is 8.78 Å². The maximum Gasteiger partial charge on any atom is 0.264 e. The van der Waals surface area contributed by atoms with Crippen molar-refractivity contribution in [2.45, 2.75) is 19.0 Å². The number of rotatable bonds is 4. The minimum atomic E-state index is -2.83. The van der Waals surface area contributed by atoms with Crippen molar-refractivity contribution in [3.05, 3.63) is 34.6 Å². The molecule has 0 aliphatic heterocycles. The number of aliphatic hydroxyl groups excluding tert-OH is 1. The molecule has 0 bridgehead atoms. The van der Waals surface area contributed by atoms with Crippen LogP contribution in [0.5, 0.6) is 0 Å². The average Bonchev–Trinajstić information content (AvgIpc) is 2.77. The number of hydrogen-bond donors (Lipinski definition) is 1. The smallest absolute Gasteiger partial charge is 0.264 e. The predicted molar refractivity (Wildman–Crippen MR) is 63.1 cm³/mol. The fraction of sp³-hybridized carbons (Fsp3) is 0.273. The van der Waals surface area contributed by atoms with Crippen LogP contribution in [0.3, 0.4) is 0 Å². The van der Waals surface area contributed by atoms with E-state index in [1.807, 2.05) is 6.07 Å². The molecule has 0 saturated carbocycles. The lowest BCUT2D eigenvalue weighted by atomic mass is 10.2. The zero-order valence-electron chi connectivity index (χ0n) is 9.05.